The topological polar surface area (TPSA) is 40.5 Å². The van der Waals surface area contributed by atoms with Crippen LogP contribution in [0.2, 0.25) is 0 Å². The van der Waals surface area contributed by atoms with E-state index in [0.717, 1.165) is 31.4 Å². The molecule has 2 atom stereocenters. The number of likely N-dealkylation sites (tertiary alicyclic amines) is 1. The smallest absolute Gasteiger partial charge is 0.227 e. The number of aryl methyl sites for hydroxylation is 2. The van der Waals surface area contributed by atoms with Crippen LogP contribution in [-0.2, 0) is 24.1 Å². The van der Waals surface area contributed by atoms with E-state index in [-0.39, 0.29) is 18.1 Å². The van der Waals surface area contributed by atoms with Gasteiger partial charge in [0.15, 0.2) is 0 Å². The monoisotopic (exact) mass is 301 g/mol. The average Bonchev–Trinajstić information content (AvgIpc) is 2.94. The van der Waals surface area contributed by atoms with Crippen LogP contribution in [0.1, 0.15) is 55.7 Å². The number of nitrogens with zero attached hydrogens (tertiary/aromatic N) is 1. The zero-order chi connectivity index (χ0) is 15.5. The molecule has 2 unspecified atom stereocenters. The van der Waals surface area contributed by atoms with E-state index in [2.05, 4.69) is 18.2 Å². The van der Waals surface area contributed by atoms with Gasteiger partial charge in [-0.15, -0.1) is 0 Å². The maximum atomic E-state index is 12.6. The molecule has 0 spiro atoms. The summed E-state index contributed by atoms with van der Waals surface area (Å²) < 4.78 is 0. The molecule has 1 amide bonds. The Bertz CT molecular complexity index is 538. The molecule has 1 aromatic rings. The first-order chi connectivity index (χ1) is 10.6. The van der Waals surface area contributed by atoms with Gasteiger partial charge in [0.05, 0.1) is 12.5 Å². The molecule has 120 valence electrons. The SMILES string of the molecule is CC(O)CC1CCCN1C(=O)Cc1ccc2c(c1)CCCC2. The Hall–Kier alpha value is -1.35. The number of hydrogen-bond acceptors (Lipinski definition) is 2. The van der Waals surface area contributed by atoms with Crippen molar-refractivity contribution in [2.24, 2.45) is 0 Å². The van der Waals surface area contributed by atoms with Crippen LogP contribution in [0.25, 0.3) is 0 Å². The predicted octanol–water partition coefficient (Wildman–Crippen LogP) is 2.87. The molecule has 1 fully saturated rings. The molecule has 0 saturated carbocycles. The van der Waals surface area contributed by atoms with Crippen LogP contribution >= 0.6 is 0 Å². The third kappa shape index (κ3) is 3.52. The Morgan fingerprint density at radius 3 is 2.82 bits per heavy atom. The molecular formula is C19H27NO2. The van der Waals surface area contributed by atoms with Crippen molar-refractivity contribution in [3.63, 3.8) is 0 Å². The summed E-state index contributed by atoms with van der Waals surface area (Å²) in [6.45, 7) is 2.66. The van der Waals surface area contributed by atoms with Gasteiger partial charge in [0, 0.05) is 12.6 Å². The number of fused-ring (bicyclic) bond motifs is 1. The molecule has 1 aliphatic heterocycles. The van der Waals surface area contributed by atoms with E-state index in [0.29, 0.717) is 12.8 Å². The molecule has 22 heavy (non-hydrogen) atoms. The molecule has 2 aliphatic rings. The molecule has 3 rings (SSSR count). The summed E-state index contributed by atoms with van der Waals surface area (Å²) >= 11 is 0. The van der Waals surface area contributed by atoms with Crippen LogP contribution in [-0.4, -0.2) is 34.6 Å². The average molecular weight is 301 g/mol. The highest BCUT2D eigenvalue weighted by Gasteiger charge is 2.29. The Morgan fingerprint density at radius 2 is 2.05 bits per heavy atom. The summed E-state index contributed by atoms with van der Waals surface area (Å²) in [7, 11) is 0. The molecule has 1 N–H and O–H groups in total. The minimum absolute atomic E-state index is 0.221. The van der Waals surface area contributed by atoms with Gasteiger partial charge in [0.2, 0.25) is 5.91 Å². The number of carbonyl (C=O) groups excluding carboxylic acids is 1. The minimum atomic E-state index is -0.331. The number of aliphatic hydroxyl groups is 1. The maximum Gasteiger partial charge on any atom is 0.227 e. The fourth-order valence-corrected chi connectivity index (χ4v) is 3.98. The lowest BCUT2D eigenvalue weighted by Gasteiger charge is -2.26. The number of benzene rings is 1. The molecule has 0 bridgehead atoms. The van der Waals surface area contributed by atoms with E-state index >= 15 is 0 Å². The molecule has 1 saturated heterocycles. The fraction of sp³-hybridized carbons (Fsp3) is 0.632. The van der Waals surface area contributed by atoms with Crippen molar-refractivity contribution in [2.75, 3.05) is 6.54 Å². The largest absolute Gasteiger partial charge is 0.393 e. The first kappa shape index (κ1) is 15.5. The van der Waals surface area contributed by atoms with E-state index in [9.17, 15) is 9.90 Å². The van der Waals surface area contributed by atoms with Crippen molar-refractivity contribution in [2.45, 2.75) is 70.4 Å². The Balaban J connectivity index is 1.66. The normalized spacial score (nSPS) is 22.5. The summed E-state index contributed by atoms with van der Waals surface area (Å²) in [6, 6.07) is 6.81. The summed E-state index contributed by atoms with van der Waals surface area (Å²) in [5, 5.41) is 9.60. The number of aliphatic hydroxyl groups excluding tert-OH is 1. The Morgan fingerprint density at radius 1 is 1.27 bits per heavy atom. The quantitative estimate of drug-likeness (QED) is 0.929. The Labute approximate surface area is 133 Å². The molecule has 0 aromatic heterocycles. The van der Waals surface area contributed by atoms with Crippen molar-refractivity contribution in [3.05, 3.63) is 34.9 Å². The van der Waals surface area contributed by atoms with Crippen LogP contribution in [0.5, 0.6) is 0 Å². The highest BCUT2D eigenvalue weighted by molar-refractivity contribution is 5.79. The van der Waals surface area contributed by atoms with Gasteiger partial charge in [0.25, 0.3) is 0 Å². The second kappa shape index (κ2) is 6.82. The minimum Gasteiger partial charge on any atom is -0.393 e. The number of rotatable bonds is 4. The van der Waals surface area contributed by atoms with Crippen LogP contribution in [0.3, 0.4) is 0 Å². The number of hydrogen-bond donors (Lipinski definition) is 1. The molecule has 3 nitrogen and oxygen atoms in total. The molecule has 0 radical (unpaired) electrons. The second-order valence-electron chi connectivity index (χ2n) is 6.95. The van der Waals surface area contributed by atoms with Gasteiger partial charge in [-0.1, -0.05) is 18.2 Å². The first-order valence-electron chi connectivity index (χ1n) is 8.71. The molecule has 1 aromatic carbocycles. The van der Waals surface area contributed by atoms with Crippen LogP contribution in [0.4, 0.5) is 0 Å². The van der Waals surface area contributed by atoms with E-state index in [1.807, 2.05) is 11.8 Å². The van der Waals surface area contributed by atoms with Gasteiger partial charge >= 0.3 is 0 Å². The van der Waals surface area contributed by atoms with Crippen LogP contribution in [0.15, 0.2) is 18.2 Å². The number of carbonyl (C=O) groups is 1. The third-order valence-corrected chi connectivity index (χ3v) is 5.08. The lowest BCUT2D eigenvalue weighted by Crippen LogP contribution is -2.38. The van der Waals surface area contributed by atoms with Crippen molar-refractivity contribution in [1.82, 2.24) is 4.90 Å². The van der Waals surface area contributed by atoms with Crippen molar-refractivity contribution in [3.8, 4) is 0 Å². The zero-order valence-electron chi connectivity index (χ0n) is 13.6. The van der Waals surface area contributed by atoms with Gasteiger partial charge in [-0.05, 0) is 68.6 Å². The van der Waals surface area contributed by atoms with E-state index < -0.39 is 0 Å². The predicted molar refractivity (Wildman–Crippen MR) is 87.8 cm³/mol. The van der Waals surface area contributed by atoms with E-state index in [1.54, 1.807) is 0 Å². The van der Waals surface area contributed by atoms with Gasteiger partial charge in [-0.25, -0.2) is 0 Å². The lowest BCUT2D eigenvalue weighted by atomic mass is 9.90. The summed E-state index contributed by atoms with van der Waals surface area (Å²) in [5.74, 6) is 0.221. The molecule has 1 heterocycles. The molecule has 1 aliphatic carbocycles. The summed E-state index contributed by atoms with van der Waals surface area (Å²) in [6.07, 6.45) is 7.88. The van der Waals surface area contributed by atoms with Gasteiger partial charge < -0.3 is 10.0 Å². The van der Waals surface area contributed by atoms with Crippen molar-refractivity contribution < 1.29 is 9.90 Å². The van der Waals surface area contributed by atoms with E-state index in [1.165, 1.54) is 30.4 Å². The van der Waals surface area contributed by atoms with Crippen molar-refractivity contribution >= 4 is 5.91 Å². The second-order valence-corrected chi connectivity index (χ2v) is 6.95. The van der Waals surface area contributed by atoms with Gasteiger partial charge in [-0.2, -0.15) is 0 Å². The van der Waals surface area contributed by atoms with Crippen LogP contribution < -0.4 is 0 Å². The zero-order valence-corrected chi connectivity index (χ0v) is 13.6. The van der Waals surface area contributed by atoms with Gasteiger partial charge in [-0.3, -0.25) is 4.79 Å². The number of amides is 1. The first-order valence-corrected chi connectivity index (χ1v) is 8.71. The third-order valence-electron chi connectivity index (χ3n) is 5.08. The maximum absolute atomic E-state index is 12.6. The van der Waals surface area contributed by atoms with Crippen molar-refractivity contribution in [1.29, 1.82) is 0 Å². The summed E-state index contributed by atoms with van der Waals surface area (Å²) in [4.78, 5) is 14.6. The van der Waals surface area contributed by atoms with E-state index in [4.69, 9.17) is 0 Å². The highest BCUT2D eigenvalue weighted by atomic mass is 16.3. The highest BCUT2D eigenvalue weighted by Crippen LogP contribution is 2.25. The van der Waals surface area contributed by atoms with Gasteiger partial charge in [0.1, 0.15) is 0 Å². The molecule has 3 heteroatoms. The lowest BCUT2D eigenvalue weighted by molar-refractivity contribution is -0.131. The van der Waals surface area contributed by atoms with Crippen LogP contribution in [0, 0.1) is 0 Å². The Kier molecular flexibility index (Phi) is 4.82. The summed E-state index contributed by atoms with van der Waals surface area (Å²) in [5.41, 5.74) is 4.06. The standard InChI is InChI=1S/C19H27NO2/c1-14(21)11-18-7-4-10-20(18)19(22)13-15-8-9-16-5-2-3-6-17(16)12-15/h8-9,12,14,18,21H,2-7,10-11,13H2,1H3. The fourth-order valence-electron chi connectivity index (χ4n) is 3.98. The molecular weight excluding hydrogens is 274 g/mol.